The SMILES string of the molecule is COc1ccccc1N1CC2=C(C1=O)C(c1cccc([N+](=O)[O-])c1)NC(=O)N2C. The van der Waals surface area contributed by atoms with Crippen molar-refractivity contribution in [2.75, 3.05) is 25.6 Å². The Balaban J connectivity index is 1.79. The van der Waals surface area contributed by atoms with Gasteiger partial charge in [0.1, 0.15) is 5.75 Å². The van der Waals surface area contributed by atoms with Crippen molar-refractivity contribution in [3.05, 3.63) is 75.5 Å². The van der Waals surface area contributed by atoms with E-state index in [9.17, 15) is 19.7 Å². The zero-order valence-electron chi connectivity index (χ0n) is 15.8. The summed E-state index contributed by atoms with van der Waals surface area (Å²) in [4.78, 5) is 39.5. The van der Waals surface area contributed by atoms with Crippen molar-refractivity contribution in [1.29, 1.82) is 0 Å². The van der Waals surface area contributed by atoms with Crippen LogP contribution < -0.4 is 15.0 Å². The van der Waals surface area contributed by atoms with Crippen molar-refractivity contribution in [1.82, 2.24) is 10.2 Å². The van der Waals surface area contributed by atoms with Crippen molar-refractivity contribution in [2.24, 2.45) is 0 Å². The first-order valence-electron chi connectivity index (χ1n) is 8.89. The van der Waals surface area contributed by atoms with Crippen molar-refractivity contribution >= 4 is 23.3 Å². The summed E-state index contributed by atoms with van der Waals surface area (Å²) >= 11 is 0. The first-order valence-corrected chi connectivity index (χ1v) is 8.89. The maximum Gasteiger partial charge on any atom is 0.322 e. The number of nitrogens with one attached hydrogen (secondary N) is 1. The number of likely N-dealkylation sites (N-methyl/N-ethyl adjacent to an activating group) is 1. The number of ether oxygens (including phenoxy) is 1. The second kappa shape index (κ2) is 6.93. The Morgan fingerprint density at radius 1 is 1.17 bits per heavy atom. The van der Waals surface area contributed by atoms with Gasteiger partial charge in [0.05, 0.1) is 41.6 Å². The van der Waals surface area contributed by atoms with E-state index in [1.807, 2.05) is 0 Å². The second-order valence-electron chi connectivity index (χ2n) is 6.72. The molecule has 1 N–H and O–H groups in total. The maximum absolute atomic E-state index is 13.4. The summed E-state index contributed by atoms with van der Waals surface area (Å²) in [5, 5.41) is 13.9. The molecule has 2 aromatic rings. The molecule has 0 radical (unpaired) electrons. The molecule has 0 saturated carbocycles. The smallest absolute Gasteiger partial charge is 0.322 e. The van der Waals surface area contributed by atoms with Gasteiger partial charge in [0.2, 0.25) is 0 Å². The highest BCUT2D eigenvalue weighted by molar-refractivity contribution is 6.12. The van der Waals surface area contributed by atoms with E-state index in [-0.39, 0.29) is 24.2 Å². The van der Waals surface area contributed by atoms with Crippen molar-refractivity contribution in [3.63, 3.8) is 0 Å². The Hall–Kier alpha value is -3.88. The van der Waals surface area contributed by atoms with E-state index in [1.54, 1.807) is 42.3 Å². The Kier molecular flexibility index (Phi) is 4.42. The van der Waals surface area contributed by atoms with Crippen molar-refractivity contribution in [3.8, 4) is 5.75 Å². The van der Waals surface area contributed by atoms with Crippen LogP contribution in [-0.2, 0) is 4.79 Å². The Bertz CT molecular complexity index is 1060. The van der Waals surface area contributed by atoms with Gasteiger partial charge in [-0.1, -0.05) is 24.3 Å². The molecule has 0 saturated heterocycles. The molecule has 0 fully saturated rings. The van der Waals surface area contributed by atoms with E-state index in [0.29, 0.717) is 28.3 Å². The number of nitro benzene ring substituents is 1. The molecule has 2 aromatic carbocycles. The fourth-order valence-electron chi connectivity index (χ4n) is 3.68. The van der Waals surface area contributed by atoms with Crippen LogP contribution in [0.5, 0.6) is 5.75 Å². The van der Waals surface area contributed by atoms with E-state index < -0.39 is 11.0 Å². The molecule has 3 amide bonds. The van der Waals surface area contributed by atoms with Gasteiger partial charge in [0.15, 0.2) is 0 Å². The van der Waals surface area contributed by atoms with Crippen LogP contribution in [0.25, 0.3) is 0 Å². The van der Waals surface area contributed by atoms with Crippen LogP contribution in [0.4, 0.5) is 16.2 Å². The Morgan fingerprint density at radius 3 is 2.66 bits per heavy atom. The third-order valence-electron chi connectivity index (χ3n) is 5.15. The number of hydrogen-bond donors (Lipinski definition) is 1. The summed E-state index contributed by atoms with van der Waals surface area (Å²) in [6, 6.07) is 11.9. The first-order chi connectivity index (χ1) is 13.9. The number of carbonyl (C=O) groups is 2. The van der Waals surface area contributed by atoms with E-state index in [2.05, 4.69) is 5.32 Å². The lowest BCUT2D eigenvalue weighted by Crippen LogP contribution is -2.45. The van der Waals surface area contributed by atoms with Gasteiger partial charge in [-0.15, -0.1) is 0 Å². The molecule has 9 nitrogen and oxygen atoms in total. The number of methoxy groups -OCH3 is 1. The number of benzene rings is 2. The summed E-state index contributed by atoms with van der Waals surface area (Å²) in [5.41, 5.74) is 1.90. The second-order valence-corrected chi connectivity index (χ2v) is 6.72. The number of amides is 3. The number of urea groups is 1. The zero-order chi connectivity index (χ0) is 20.7. The number of nitrogens with zero attached hydrogens (tertiary/aromatic N) is 3. The van der Waals surface area contributed by atoms with E-state index in [0.717, 1.165) is 0 Å². The van der Waals surface area contributed by atoms with Crippen LogP contribution in [0.3, 0.4) is 0 Å². The number of non-ortho nitro benzene ring substituents is 1. The predicted octanol–water partition coefficient (Wildman–Crippen LogP) is 2.60. The topological polar surface area (TPSA) is 105 Å². The summed E-state index contributed by atoms with van der Waals surface area (Å²) < 4.78 is 5.38. The zero-order valence-corrected chi connectivity index (χ0v) is 15.8. The van der Waals surface area contributed by atoms with Gasteiger partial charge in [-0.05, 0) is 17.7 Å². The first kappa shape index (κ1) is 18.5. The maximum atomic E-state index is 13.4. The molecule has 9 heteroatoms. The average molecular weight is 394 g/mol. The van der Waals surface area contributed by atoms with E-state index in [1.165, 1.54) is 30.2 Å². The molecule has 4 rings (SSSR count). The van der Waals surface area contributed by atoms with Crippen LogP contribution in [0.2, 0.25) is 0 Å². The highest BCUT2D eigenvalue weighted by Crippen LogP contribution is 2.40. The lowest BCUT2D eigenvalue weighted by molar-refractivity contribution is -0.384. The Labute approximate surface area is 166 Å². The molecule has 29 heavy (non-hydrogen) atoms. The van der Waals surface area contributed by atoms with Crippen LogP contribution in [0, 0.1) is 10.1 Å². The molecule has 2 aliphatic heterocycles. The number of anilines is 1. The van der Waals surface area contributed by atoms with Crippen LogP contribution in [0.1, 0.15) is 11.6 Å². The fraction of sp³-hybridized carbons (Fsp3) is 0.200. The number of para-hydroxylation sites is 2. The lowest BCUT2D eigenvalue weighted by atomic mass is 9.95. The predicted molar refractivity (Wildman–Crippen MR) is 105 cm³/mol. The minimum atomic E-state index is -0.777. The molecule has 1 atom stereocenters. The Morgan fingerprint density at radius 2 is 1.93 bits per heavy atom. The van der Waals surface area contributed by atoms with Crippen LogP contribution in [-0.4, -0.2) is 42.5 Å². The number of nitro groups is 1. The van der Waals surface area contributed by atoms with Gasteiger partial charge in [-0.2, -0.15) is 0 Å². The minimum Gasteiger partial charge on any atom is -0.495 e. The molecular formula is C20H18N4O5. The largest absolute Gasteiger partial charge is 0.495 e. The number of carbonyl (C=O) groups excluding carboxylic acids is 2. The normalized spacial score (nSPS) is 18.6. The van der Waals surface area contributed by atoms with Gasteiger partial charge in [0, 0.05) is 19.2 Å². The van der Waals surface area contributed by atoms with Gasteiger partial charge in [0.25, 0.3) is 11.6 Å². The van der Waals surface area contributed by atoms with Crippen LogP contribution >= 0.6 is 0 Å². The number of hydrogen-bond acceptors (Lipinski definition) is 5. The van der Waals surface area contributed by atoms with Gasteiger partial charge in [-0.3, -0.25) is 24.7 Å². The summed E-state index contributed by atoms with van der Waals surface area (Å²) in [7, 11) is 3.11. The van der Waals surface area contributed by atoms with Crippen LogP contribution in [0.15, 0.2) is 59.8 Å². The standard InChI is InChI=1S/C20H18N4O5/c1-22-15-11-23(14-8-3-4-9-16(14)29-2)19(25)17(15)18(21-20(22)26)12-6-5-7-13(10-12)24(27)28/h3-10,18H,11H2,1-2H3,(H,21,26). The molecule has 1 unspecified atom stereocenters. The molecule has 2 heterocycles. The third-order valence-corrected chi connectivity index (χ3v) is 5.15. The van der Waals surface area contributed by atoms with Gasteiger partial charge < -0.3 is 10.1 Å². The van der Waals surface area contributed by atoms with Gasteiger partial charge in [-0.25, -0.2) is 4.79 Å². The molecule has 0 spiro atoms. The lowest BCUT2D eigenvalue weighted by Gasteiger charge is -2.30. The van der Waals surface area contributed by atoms with E-state index >= 15 is 0 Å². The highest BCUT2D eigenvalue weighted by atomic mass is 16.6. The molecular weight excluding hydrogens is 376 g/mol. The fourth-order valence-corrected chi connectivity index (χ4v) is 3.68. The minimum absolute atomic E-state index is 0.107. The molecule has 0 bridgehead atoms. The van der Waals surface area contributed by atoms with Gasteiger partial charge >= 0.3 is 6.03 Å². The third kappa shape index (κ3) is 2.96. The average Bonchev–Trinajstić information content (AvgIpc) is 3.08. The summed E-state index contributed by atoms with van der Waals surface area (Å²) in [6.45, 7) is 0.198. The van der Waals surface area contributed by atoms with E-state index in [4.69, 9.17) is 4.74 Å². The van der Waals surface area contributed by atoms with Crippen molar-refractivity contribution in [2.45, 2.75) is 6.04 Å². The summed E-state index contributed by atoms with van der Waals surface area (Å²) in [6.07, 6.45) is 0. The number of rotatable bonds is 4. The quantitative estimate of drug-likeness (QED) is 0.634. The monoisotopic (exact) mass is 394 g/mol. The molecule has 0 aromatic heterocycles. The molecule has 0 aliphatic carbocycles. The van der Waals surface area contributed by atoms with Crippen molar-refractivity contribution < 1.29 is 19.2 Å². The molecule has 2 aliphatic rings. The highest BCUT2D eigenvalue weighted by Gasteiger charge is 2.44. The molecule has 148 valence electrons. The summed E-state index contributed by atoms with van der Waals surface area (Å²) in [5.74, 6) is 0.252.